The highest BCUT2D eigenvalue weighted by Gasteiger charge is 2.27. The van der Waals surface area contributed by atoms with Gasteiger partial charge in [0, 0.05) is 31.7 Å². The first-order valence-electron chi connectivity index (χ1n) is 11.3. The van der Waals surface area contributed by atoms with Crippen molar-refractivity contribution in [3.8, 4) is 0 Å². The average molecular weight is 431 g/mol. The molecule has 0 spiro atoms. The molecule has 30 heavy (non-hydrogen) atoms. The number of morpholine rings is 1. The zero-order valence-electron chi connectivity index (χ0n) is 18.6. The van der Waals surface area contributed by atoms with Crippen LogP contribution in [0.5, 0.6) is 0 Å². The van der Waals surface area contributed by atoms with Gasteiger partial charge in [0.15, 0.2) is 0 Å². The Labute approximate surface area is 185 Å². The summed E-state index contributed by atoms with van der Waals surface area (Å²) in [5, 5.41) is 5.50. The summed E-state index contributed by atoms with van der Waals surface area (Å²) in [6, 6.07) is 10.4. The van der Waals surface area contributed by atoms with E-state index in [9.17, 15) is 0 Å². The Hall–Kier alpha value is -1.40. The first-order chi connectivity index (χ1) is 14.5. The van der Waals surface area contributed by atoms with Gasteiger partial charge in [-0.15, -0.1) is 0 Å². The maximum absolute atomic E-state index is 6.74. The lowest BCUT2D eigenvalue weighted by Crippen LogP contribution is -2.48. The maximum Gasteiger partial charge on any atom is 0.132 e. The number of likely N-dealkylation sites (tertiary alicyclic amines) is 1. The normalized spacial score (nSPS) is 24.4. The second kappa shape index (κ2) is 9.82. The zero-order valence-corrected chi connectivity index (χ0v) is 19.3. The molecular formula is C24H35ClN4O. The fourth-order valence-electron chi connectivity index (χ4n) is 4.98. The molecule has 1 aromatic carbocycles. The largest absolute Gasteiger partial charge is 0.373 e. The highest BCUT2D eigenvalue weighted by Crippen LogP contribution is 2.26. The maximum atomic E-state index is 6.74. The third-order valence-electron chi connectivity index (χ3n) is 6.46. The van der Waals surface area contributed by atoms with Crippen LogP contribution >= 0.6 is 11.6 Å². The van der Waals surface area contributed by atoms with E-state index in [1.807, 2.05) is 10.7 Å². The molecule has 2 aliphatic heterocycles. The molecule has 6 heteroatoms. The highest BCUT2D eigenvalue weighted by atomic mass is 35.5. The van der Waals surface area contributed by atoms with Crippen molar-refractivity contribution in [1.82, 2.24) is 19.6 Å². The van der Waals surface area contributed by atoms with Gasteiger partial charge in [-0.1, -0.05) is 41.9 Å². The molecule has 2 fully saturated rings. The minimum Gasteiger partial charge on any atom is -0.373 e. The Morgan fingerprint density at radius 1 is 1.00 bits per heavy atom. The number of rotatable bonds is 6. The fourth-order valence-corrected chi connectivity index (χ4v) is 5.27. The molecule has 0 aliphatic carbocycles. The van der Waals surface area contributed by atoms with E-state index in [4.69, 9.17) is 21.4 Å². The van der Waals surface area contributed by atoms with E-state index in [-0.39, 0.29) is 0 Å². The molecule has 2 atom stereocenters. The van der Waals surface area contributed by atoms with Gasteiger partial charge in [-0.2, -0.15) is 5.10 Å². The quantitative estimate of drug-likeness (QED) is 0.687. The number of piperidine rings is 1. The lowest BCUT2D eigenvalue weighted by Gasteiger charge is -2.39. The number of ether oxygens (including phenoxy) is 1. The summed E-state index contributed by atoms with van der Waals surface area (Å²) in [5.74, 6) is 0.788. The van der Waals surface area contributed by atoms with E-state index >= 15 is 0 Å². The van der Waals surface area contributed by atoms with Crippen LogP contribution in [0.2, 0.25) is 5.15 Å². The molecule has 5 nitrogen and oxygen atoms in total. The SMILES string of the molecule is Cc1nn(Cc2ccccc2)c(Cl)c1CN1CCC(CN2C[C@@H](C)O[C@H](C)C2)CC1. The van der Waals surface area contributed by atoms with Crippen molar-refractivity contribution >= 4 is 11.6 Å². The van der Waals surface area contributed by atoms with Crippen molar-refractivity contribution in [3.63, 3.8) is 0 Å². The Morgan fingerprint density at radius 2 is 1.67 bits per heavy atom. The summed E-state index contributed by atoms with van der Waals surface area (Å²) < 4.78 is 7.82. The highest BCUT2D eigenvalue weighted by molar-refractivity contribution is 6.30. The molecule has 164 valence electrons. The standard InChI is InChI=1S/C24H35ClN4O/c1-18-13-28(14-19(2)30-18)15-22-9-11-27(12-10-22)17-23-20(3)26-29(24(23)25)16-21-7-5-4-6-8-21/h4-8,18-19,22H,9-17H2,1-3H3/t18-,19-/m1/s1. The molecule has 4 rings (SSSR count). The van der Waals surface area contributed by atoms with Crippen molar-refractivity contribution in [1.29, 1.82) is 0 Å². The molecule has 0 radical (unpaired) electrons. The van der Waals surface area contributed by atoms with E-state index in [0.717, 1.165) is 56.0 Å². The van der Waals surface area contributed by atoms with E-state index in [1.165, 1.54) is 30.5 Å². The van der Waals surface area contributed by atoms with Gasteiger partial charge >= 0.3 is 0 Å². The smallest absolute Gasteiger partial charge is 0.132 e. The average Bonchev–Trinajstić information content (AvgIpc) is 2.97. The number of aromatic nitrogens is 2. The van der Waals surface area contributed by atoms with Gasteiger partial charge in [0.05, 0.1) is 24.4 Å². The Kier molecular flexibility index (Phi) is 7.14. The number of hydrogen-bond acceptors (Lipinski definition) is 4. The second-order valence-corrected chi connectivity index (χ2v) is 9.55. The summed E-state index contributed by atoms with van der Waals surface area (Å²) in [6.07, 6.45) is 3.22. The first-order valence-corrected chi connectivity index (χ1v) is 11.7. The molecule has 0 N–H and O–H groups in total. The molecule has 2 aromatic rings. The van der Waals surface area contributed by atoms with Crippen molar-refractivity contribution in [2.24, 2.45) is 5.92 Å². The Morgan fingerprint density at radius 3 is 2.33 bits per heavy atom. The molecular weight excluding hydrogens is 396 g/mol. The Balaban J connectivity index is 1.30. The van der Waals surface area contributed by atoms with Crippen molar-refractivity contribution in [2.45, 2.75) is 58.9 Å². The van der Waals surface area contributed by atoms with Crippen LogP contribution < -0.4 is 0 Å². The lowest BCUT2D eigenvalue weighted by atomic mass is 9.95. The zero-order chi connectivity index (χ0) is 21.1. The van der Waals surface area contributed by atoms with Crippen LogP contribution in [-0.4, -0.2) is 64.5 Å². The van der Waals surface area contributed by atoms with Crippen molar-refractivity contribution in [2.75, 3.05) is 32.7 Å². The molecule has 3 heterocycles. The van der Waals surface area contributed by atoms with Crippen LogP contribution in [-0.2, 0) is 17.8 Å². The number of benzene rings is 1. The van der Waals surface area contributed by atoms with Gasteiger partial charge < -0.3 is 4.74 Å². The van der Waals surface area contributed by atoms with Crippen LogP contribution in [0.15, 0.2) is 30.3 Å². The van der Waals surface area contributed by atoms with Gasteiger partial charge in [0.25, 0.3) is 0 Å². The third-order valence-corrected chi connectivity index (χ3v) is 6.88. The topological polar surface area (TPSA) is 33.5 Å². The van der Waals surface area contributed by atoms with Crippen LogP contribution in [0.3, 0.4) is 0 Å². The first kappa shape index (κ1) is 21.8. The molecule has 0 unspecified atom stereocenters. The number of nitrogens with zero attached hydrogens (tertiary/aromatic N) is 4. The van der Waals surface area contributed by atoms with Crippen LogP contribution in [0.25, 0.3) is 0 Å². The van der Waals surface area contributed by atoms with Gasteiger partial charge in [-0.25, -0.2) is 4.68 Å². The second-order valence-electron chi connectivity index (χ2n) is 9.19. The third kappa shape index (κ3) is 5.44. The van der Waals surface area contributed by atoms with E-state index in [0.29, 0.717) is 12.2 Å². The van der Waals surface area contributed by atoms with Crippen LogP contribution in [0.1, 0.15) is 43.5 Å². The van der Waals surface area contributed by atoms with E-state index < -0.39 is 0 Å². The lowest BCUT2D eigenvalue weighted by molar-refractivity contribution is -0.0732. The predicted octanol–water partition coefficient (Wildman–Crippen LogP) is 4.21. The van der Waals surface area contributed by atoms with Gasteiger partial charge in [0.2, 0.25) is 0 Å². The minimum absolute atomic E-state index is 0.353. The van der Waals surface area contributed by atoms with Crippen molar-refractivity contribution in [3.05, 3.63) is 52.3 Å². The molecule has 2 aliphatic rings. The Bertz CT molecular complexity index is 806. The van der Waals surface area contributed by atoms with Crippen LogP contribution in [0, 0.1) is 12.8 Å². The van der Waals surface area contributed by atoms with Gasteiger partial charge in [-0.3, -0.25) is 9.80 Å². The molecule has 0 saturated carbocycles. The molecule has 0 amide bonds. The monoisotopic (exact) mass is 430 g/mol. The fraction of sp³-hybridized carbons (Fsp3) is 0.625. The minimum atomic E-state index is 0.353. The van der Waals surface area contributed by atoms with Gasteiger partial charge in [-0.05, 0) is 58.2 Å². The summed E-state index contributed by atoms with van der Waals surface area (Å²) in [6.45, 7) is 13.7. The number of aryl methyl sites for hydroxylation is 1. The summed E-state index contributed by atoms with van der Waals surface area (Å²) in [5.41, 5.74) is 3.46. The predicted molar refractivity (Wildman–Crippen MR) is 122 cm³/mol. The number of hydrogen-bond donors (Lipinski definition) is 0. The summed E-state index contributed by atoms with van der Waals surface area (Å²) in [7, 11) is 0. The molecule has 1 aromatic heterocycles. The van der Waals surface area contributed by atoms with E-state index in [1.54, 1.807) is 0 Å². The molecule has 2 saturated heterocycles. The number of halogens is 1. The summed E-state index contributed by atoms with van der Waals surface area (Å²) in [4.78, 5) is 5.15. The summed E-state index contributed by atoms with van der Waals surface area (Å²) >= 11 is 6.74. The van der Waals surface area contributed by atoms with Crippen LogP contribution in [0.4, 0.5) is 0 Å². The molecule has 0 bridgehead atoms. The van der Waals surface area contributed by atoms with Gasteiger partial charge in [0.1, 0.15) is 5.15 Å². The van der Waals surface area contributed by atoms with Crippen molar-refractivity contribution < 1.29 is 4.74 Å². The van der Waals surface area contributed by atoms with E-state index in [2.05, 4.69) is 54.8 Å².